The number of hydrogen-bond acceptors (Lipinski definition) is 8. The van der Waals surface area contributed by atoms with Crippen LogP contribution in [0.15, 0.2) is 48.7 Å². The molecule has 1 spiro atoms. The Balaban J connectivity index is 1.14. The molecule has 3 aliphatic carbocycles. The third-order valence-electron chi connectivity index (χ3n) is 12.3. The van der Waals surface area contributed by atoms with Crippen LogP contribution in [-0.4, -0.2) is 79.7 Å². The van der Waals surface area contributed by atoms with Crippen LogP contribution in [0.4, 0.5) is 5.69 Å². The first kappa shape index (κ1) is 36.8. The number of rotatable bonds is 13. The van der Waals surface area contributed by atoms with Crippen LogP contribution >= 0.6 is 11.6 Å². The predicted molar refractivity (Wildman–Crippen MR) is 203 cm³/mol. The summed E-state index contributed by atoms with van der Waals surface area (Å²) in [6.45, 7) is 7.92. The van der Waals surface area contributed by atoms with Crippen molar-refractivity contribution in [3.63, 3.8) is 0 Å². The highest BCUT2D eigenvalue weighted by molar-refractivity contribution is 6.30. The minimum absolute atomic E-state index is 0.0905. The lowest BCUT2D eigenvalue weighted by molar-refractivity contribution is -0.144. The Morgan fingerprint density at radius 3 is 2.77 bits per heavy atom. The van der Waals surface area contributed by atoms with Crippen molar-refractivity contribution in [2.75, 3.05) is 52.4 Å². The number of nitrogens with zero attached hydrogens (tertiary/aromatic N) is 2. The van der Waals surface area contributed by atoms with Crippen molar-refractivity contribution >= 4 is 23.3 Å². The van der Waals surface area contributed by atoms with E-state index in [1.807, 2.05) is 24.4 Å². The number of carboxylic acid groups (broad SMARTS) is 1. The molecule has 0 saturated heterocycles. The van der Waals surface area contributed by atoms with Crippen LogP contribution in [0.1, 0.15) is 87.1 Å². The minimum Gasteiger partial charge on any atom is -0.493 e. The van der Waals surface area contributed by atoms with Gasteiger partial charge in [-0.3, -0.25) is 4.98 Å². The fourth-order valence-electron chi connectivity index (χ4n) is 9.49. The van der Waals surface area contributed by atoms with Crippen molar-refractivity contribution in [1.82, 2.24) is 9.88 Å². The fraction of sp³-hybridized carbons (Fsp3) is 0.571. The van der Waals surface area contributed by atoms with E-state index in [2.05, 4.69) is 48.2 Å². The smallest absolute Gasteiger partial charge is 0.329 e. The first-order chi connectivity index (χ1) is 25.1. The number of aliphatic carboxylic acids is 1. The van der Waals surface area contributed by atoms with Gasteiger partial charge in [-0.05, 0) is 136 Å². The Morgan fingerprint density at radius 2 is 2.00 bits per heavy atom. The second-order valence-corrected chi connectivity index (χ2v) is 16.4. The molecule has 1 saturated carbocycles. The van der Waals surface area contributed by atoms with Gasteiger partial charge in [-0.25, -0.2) is 4.79 Å². The predicted octanol–water partition coefficient (Wildman–Crippen LogP) is 7.92. The molecule has 4 aliphatic rings. The largest absolute Gasteiger partial charge is 0.493 e. The van der Waals surface area contributed by atoms with E-state index >= 15 is 0 Å². The van der Waals surface area contributed by atoms with Gasteiger partial charge in [0.2, 0.25) is 0 Å². The molecule has 2 aromatic carbocycles. The van der Waals surface area contributed by atoms with Crippen molar-refractivity contribution in [3.8, 4) is 17.2 Å². The van der Waals surface area contributed by atoms with Crippen molar-refractivity contribution in [2.24, 2.45) is 11.8 Å². The molecule has 2 heterocycles. The Bertz CT molecular complexity index is 1740. The number of nitrogens with one attached hydrogen (secondary N) is 1. The number of methoxy groups -OCH3 is 1. The molecular formula is C42H54ClN3O6. The van der Waals surface area contributed by atoms with Gasteiger partial charge >= 0.3 is 5.97 Å². The van der Waals surface area contributed by atoms with Gasteiger partial charge in [-0.15, -0.1) is 0 Å². The highest BCUT2D eigenvalue weighted by Gasteiger charge is 2.54. The average Bonchev–Trinajstić information content (AvgIpc) is 3.40. The number of pyridine rings is 1. The highest BCUT2D eigenvalue weighted by atomic mass is 35.5. The summed E-state index contributed by atoms with van der Waals surface area (Å²) in [5.41, 5.74) is 4.50. The van der Waals surface area contributed by atoms with Gasteiger partial charge in [0.1, 0.15) is 24.0 Å². The van der Waals surface area contributed by atoms with E-state index in [0.29, 0.717) is 55.4 Å². The summed E-state index contributed by atoms with van der Waals surface area (Å²) < 4.78 is 24.8. The van der Waals surface area contributed by atoms with Crippen molar-refractivity contribution in [2.45, 2.75) is 94.6 Å². The molecular weight excluding hydrogens is 678 g/mol. The Labute approximate surface area is 313 Å². The zero-order valence-electron chi connectivity index (χ0n) is 31.1. The van der Waals surface area contributed by atoms with Gasteiger partial charge in [0.05, 0.1) is 13.2 Å². The van der Waals surface area contributed by atoms with Crippen LogP contribution < -0.4 is 19.5 Å². The number of fused-ring (bicyclic) bond motifs is 4. The molecule has 3 aromatic rings. The Hall–Kier alpha value is -3.53. The van der Waals surface area contributed by atoms with Gasteiger partial charge in [0.15, 0.2) is 11.5 Å². The first-order valence-corrected chi connectivity index (χ1v) is 19.5. The normalized spacial score (nSPS) is 26.8. The maximum Gasteiger partial charge on any atom is 0.329 e. The Kier molecular flexibility index (Phi) is 10.9. The molecule has 9 nitrogen and oxygen atoms in total. The lowest BCUT2D eigenvalue weighted by Gasteiger charge is -2.47. The number of anilines is 1. The Morgan fingerprint density at radius 1 is 1.17 bits per heavy atom. The van der Waals surface area contributed by atoms with Crippen LogP contribution in [0.5, 0.6) is 17.2 Å². The van der Waals surface area contributed by atoms with Gasteiger partial charge in [-0.1, -0.05) is 31.5 Å². The summed E-state index contributed by atoms with van der Waals surface area (Å²) in [4.78, 5) is 19.9. The zero-order valence-corrected chi connectivity index (χ0v) is 31.8. The molecule has 52 heavy (non-hydrogen) atoms. The lowest BCUT2D eigenvalue weighted by atomic mass is 9.59. The molecule has 0 bridgehead atoms. The maximum atomic E-state index is 13.0. The summed E-state index contributed by atoms with van der Waals surface area (Å²) >= 11 is 6.30. The van der Waals surface area contributed by atoms with Crippen LogP contribution in [0, 0.1) is 11.8 Å². The van der Waals surface area contributed by atoms with E-state index < -0.39 is 11.5 Å². The molecule has 1 fully saturated rings. The molecule has 1 aliphatic heterocycles. The van der Waals surface area contributed by atoms with E-state index in [9.17, 15) is 9.90 Å². The molecule has 2 N–H and O–H groups in total. The van der Waals surface area contributed by atoms with Crippen LogP contribution in [0.2, 0.25) is 5.02 Å². The summed E-state index contributed by atoms with van der Waals surface area (Å²) in [5, 5.41) is 14.7. The number of aryl methyl sites for hydroxylation is 1. The zero-order chi connectivity index (χ0) is 36.5. The maximum absolute atomic E-state index is 13.0. The number of carbonyl (C=O) groups is 1. The van der Waals surface area contributed by atoms with E-state index in [-0.39, 0.29) is 11.5 Å². The number of hydrogen-bond donors (Lipinski definition) is 2. The molecule has 10 heteroatoms. The van der Waals surface area contributed by atoms with Gasteiger partial charge in [0.25, 0.3) is 0 Å². The van der Waals surface area contributed by atoms with Gasteiger partial charge < -0.3 is 34.3 Å². The second-order valence-electron chi connectivity index (χ2n) is 16.0. The number of halogens is 1. The van der Waals surface area contributed by atoms with E-state index in [1.165, 1.54) is 35.2 Å². The fourth-order valence-corrected chi connectivity index (χ4v) is 9.68. The van der Waals surface area contributed by atoms with Crippen molar-refractivity contribution < 1.29 is 28.8 Å². The SMILES string of the molecule is COCCN(C)C[C@@H]1COc2cc3c(cc2O1)C1(CCC(Nc2cccc(Cl)c2)(C(=O)O)CC1)[C@@H](C[C@@H](C)COc1ccnc2c1[C@H](C)CCC2)C3. The van der Waals surface area contributed by atoms with Gasteiger partial charge in [-0.2, -0.15) is 0 Å². The molecule has 280 valence electrons. The topological polar surface area (TPSA) is 102 Å². The molecule has 0 unspecified atom stereocenters. The molecule has 7 rings (SSSR count). The summed E-state index contributed by atoms with van der Waals surface area (Å²) in [7, 11) is 3.79. The number of benzene rings is 2. The van der Waals surface area contributed by atoms with E-state index in [1.54, 1.807) is 19.2 Å². The van der Waals surface area contributed by atoms with Crippen molar-refractivity contribution in [3.05, 3.63) is 76.1 Å². The van der Waals surface area contributed by atoms with Crippen LogP contribution in [0.25, 0.3) is 0 Å². The van der Waals surface area contributed by atoms with Crippen LogP contribution in [-0.2, 0) is 27.8 Å². The number of likely N-dealkylation sites (N-methyl/N-ethyl adjacent to an activating group) is 1. The lowest BCUT2D eigenvalue weighted by Crippen LogP contribution is -2.53. The monoisotopic (exact) mass is 731 g/mol. The van der Waals surface area contributed by atoms with Gasteiger partial charge in [0, 0.05) is 48.4 Å². The molecule has 0 radical (unpaired) electrons. The average molecular weight is 732 g/mol. The number of carboxylic acids is 1. The number of ether oxygens (including phenoxy) is 4. The summed E-state index contributed by atoms with van der Waals surface area (Å²) in [5.74, 6) is 2.82. The summed E-state index contributed by atoms with van der Waals surface area (Å²) in [6, 6.07) is 13.8. The third kappa shape index (κ3) is 7.46. The standard InChI is InChI=1S/C42H54ClN3O6/c1-27(25-50-36-11-16-44-35-10-5-7-28(2)39(35)36)19-30-20-29-21-37-38(52-33(26-51-37)24-46(3)17-18-49-4)23-34(29)41(30)12-14-42(15-13-41,40(47)48)45-32-9-6-8-31(43)22-32/h6,8-9,11,16,21-23,27-28,30,33,45H,5,7,10,12-15,17-20,24-26H2,1-4H3,(H,47,48)/t27-,28-,30+,33-,41?,42?/m1/s1. The summed E-state index contributed by atoms with van der Waals surface area (Å²) in [6.07, 6.45) is 9.54. The van der Waals surface area contributed by atoms with Crippen LogP contribution in [0.3, 0.4) is 0 Å². The van der Waals surface area contributed by atoms with E-state index in [4.69, 9.17) is 30.5 Å². The molecule has 0 amide bonds. The quantitative estimate of drug-likeness (QED) is 0.182. The third-order valence-corrected chi connectivity index (χ3v) is 12.5. The minimum atomic E-state index is -1.08. The molecule has 4 atom stereocenters. The van der Waals surface area contributed by atoms with Crippen molar-refractivity contribution in [1.29, 1.82) is 0 Å². The first-order valence-electron chi connectivity index (χ1n) is 19.1. The number of aromatic nitrogens is 1. The van der Waals surface area contributed by atoms with E-state index in [0.717, 1.165) is 68.1 Å². The second kappa shape index (κ2) is 15.4. The molecule has 1 aromatic heterocycles. The highest BCUT2D eigenvalue weighted by Crippen LogP contribution is 2.58.